The zero-order chi connectivity index (χ0) is 5.98. The van der Waals surface area contributed by atoms with Crippen molar-refractivity contribution in [1.29, 1.82) is 0 Å². The summed E-state index contributed by atoms with van der Waals surface area (Å²) in [5.74, 6) is 0.431. The summed E-state index contributed by atoms with van der Waals surface area (Å²) < 4.78 is 0. The number of rotatable bonds is 1. The summed E-state index contributed by atoms with van der Waals surface area (Å²) in [6, 6.07) is 1.63. The lowest BCUT2D eigenvalue weighted by atomic mass is 10.3. The number of hydrogen-bond acceptors (Lipinski definition) is 2. The number of aromatic nitrogens is 1. The molecule has 3 heteroatoms. The van der Waals surface area contributed by atoms with Crippen LogP contribution in [0.1, 0.15) is 10.4 Å². The van der Waals surface area contributed by atoms with Gasteiger partial charge in [0.05, 0.1) is 5.56 Å². The molecule has 42 valence electrons. The monoisotopic (exact) mass is 110 g/mol. The molecule has 0 amide bonds. The summed E-state index contributed by atoms with van der Waals surface area (Å²) in [6.45, 7) is 0. The largest absolute Gasteiger partial charge is 0.385 e. The smallest absolute Gasteiger partial charge is 0.153 e. The van der Waals surface area contributed by atoms with E-state index in [4.69, 9.17) is 5.73 Å². The lowest BCUT2D eigenvalue weighted by Gasteiger charge is -1.81. The number of nitrogens with two attached hydrogens (primary N) is 1. The van der Waals surface area contributed by atoms with Crippen molar-refractivity contribution in [2.75, 3.05) is 5.73 Å². The molecule has 0 fully saturated rings. The SMILES string of the molecule is Nc1[nH]ccc1C=O. The standard InChI is InChI=1S/C5H6N2O/c6-5-4(3-8)1-2-7-5/h1-3,7H,6H2. The van der Waals surface area contributed by atoms with Gasteiger partial charge in [0.15, 0.2) is 6.29 Å². The topological polar surface area (TPSA) is 58.9 Å². The number of carbonyl (C=O) groups excluding carboxylic acids is 1. The number of carbonyl (C=O) groups is 1. The average molecular weight is 110 g/mol. The summed E-state index contributed by atoms with van der Waals surface area (Å²) in [4.78, 5) is 12.7. The van der Waals surface area contributed by atoms with Crippen molar-refractivity contribution in [2.24, 2.45) is 0 Å². The molecule has 3 N–H and O–H groups in total. The molecule has 1 aromatic rings. The second-order valence-electron chi connectivity index (χ2n) is 1.46. The van der Waals surface area contributed by atoms with E-state index in [1.165, 1.54) is 0 Å². The molecule has 0 unspecified atom stereocenters. The zero-order valence-electron chi connectivity index (χ0n) is 4.22. The van der Waals surface area contributed by atoms with Gasteiger partial charge in [-0.15, -0.1) is 0 Å². The first-order valence-corrected chi connectivity index (χ1v) is 2.22. The fourth-order valence-electron chi connectivity index (χ4n) is 0.497. The molecular formula is C5H6N2O. The molecule has 0 aliphatic rings. The van der Waals surface area contributed by atoms with Crippen molar-refractivity contribution in [2.45, 2.75) is 0 Å². The third-order valence-electron chi connectivity index (χ3n) is 0.940. The maximum Gasteiger partial charge on any atom is 0.153 e. The molecule has 0 aromatic carbocycles. The molecule has 0 aliphatic carbocycles. The Morgan fingerprint density at radius 2 is 2.50 bits per heavy atom. The second kappa shape index (κ2) is 1.69. The first kappa shape index (κ1) is 4.90. The third kappa shape index (κ3) is 0.578. The van der Waals surface area contributed by atoms with E-state index in [2.05, 4.69) is 4.98 Å². The quantitative estimate of drug-likeness (QED) is 0.514. The van der Waals surface area contributed by atoms with Crippen LogP contribution >= 0.6 is 0 Å². The van der Waals surface area contributed by atoms with Gasteiger partial charge in [0, 0.05) is 6.20 Å². The Morgan fingerprint density at radius 3 is 2.75 bits per heavy atom. The highest BCUT2D eigenvalue weighted by Gasteiger charge is 1.93. The van der Waals surface area contributed by atoms with Crippen LogP contribution in [0.25, 0.3) is 0 Å². The Morgan fingerprint density at radius 1 is 1.75 bits per heavy atom. The normalized spacial score (nSPS) is 9.00. The fraction of sp³-hybridized carbons (Fsp3) is 0. The molecule has 0 aliphatic heterocycles. The number of nitrogens with one attached hydrogen (secondary N) is 1. The minimum atomic E-state index is 0.431. The van der Waals surface area contributed by atoms with Gasteiger partial charge in [0.1, 0.15) is 5.82 Å². The zero-order valence-corrected chi connectivity index (χ0v) is 4.22. The van der Waals surface area contributed by atoms with Gasteiger partial charge in [0.2, 0.25) is 0 Å². The highest BCUT2D eigenvalue weighted by molar-refractivity contribution is 5.81. The Hall–Kier alpha value is -1.25. The number of aldehydes is 1. The molecule has 0 spiro atoms. The van der Waals surface area contributed by atoms with Gasteiger partial charge in [-0.25, -0.2) is 0 Å². The molecule has 1 rings (SSSR count). The molecule has 3 nitrogen and oxygen atoms in total. The third-order valence-corrected chi connectivity index (χ3v) is 0.940. The van der Waals surface area contributed by atoms with E-state index in [-0.39, 0.29) is 0 Å². The number of nitrogen functional groups attached to an aromatic ring is 1. The van der Waals surface area contributed by atoms with E-state index < -0.39 is 0 Å². The van der Waals surface area contributed by atoms with Crippen LogP contribution in [0.15, 0.2) is 12.3 Å². The predicted octanol–water partition coefficient (Wildman–Crippen LogP) is 0.409. The number of aromatic amines is 1. The summed E-state index contributed by atoms with van der Waals surface area (Å²) in [7, 11) is 0. The van der Waals surface area contributed by atoms with Crippen LogP contribution in [0, 0.1) is 0 Å². The van der Waals surface area contributed by atoms with E-state index in [0.29, 0.717) is 17.7 Å². The summed E-state index contributed by atoms with van der Waals surface area (Å²) in [5, 5.41) is 0. The van der Waals surface area contributed by atoms with Gasteiger partial charge >= 0.3 is 0 Å². The minimum Gasteiger partial charge on any atom is -0.385 e. The van der Waals surface area contributed by atoms with E-state index >= 15 is 0 Å². The van der Waals surface area contributed by atoms with Crippen molar-refractivity contribution in [3.63, 3.8) is 0 Å². The number of H-pyrrole nitrogens is 1. The van der Waals surface area contributed by atoms with Crippen LogP contribution in [0.5, 0.6) is 0 Å². The van der Waals surface area contributed by atoms with Crippen molar-refractivity contribution in [3.8, 4) is 0 Å². The average Bonchev–Trinajstić information content (AvgIpc) is 2.14. The lowest BCUT2D eigenvalue weighted by molar-refractivity contribution is 0.112. The molecule has 1 aromatic heterocycles. The lowest BCUT2D eigenvalue weighted by Crippen LogP contribution is -1.87. The first-order valence-electron chi connectivity index (χ1n) is 2.22. The molecule has 0 saturated heterocycles. The van der Waals surface area contributed by atoms with E-state index in [1.54, 1.807) is 12.3 Å². The van der Waals surface area contributed by atoms with Gasteiger partial charge in [-0.3, -0.25) is 4.79 Å². The predicted molar refractivity (Wildman–Crippen MR) is 30.6 cm³/mol. The molecule has 8 heavy (non-hydrogen) atoms. The molecule has 0 radical (unpaired) electrons. The highest BCUT2D eigenvalue weighted by Crippen LogP contribution is 2.02. The van der Waals surface area contributed by atoms with Crippen molar-refractivity contribution in [3.05, 3.63) is 17.8 Å². The van der Waals surface area contributed by atoms with Gasteiger partial charge in [0.25, 0.3) is 0 Å². The fourth-order valence-corrected chi connectivity index (χ4v) is 0.497. The summed E-state index contributed by atoms with van der Waals surface area (Å²) >= 11 is 0. The Bertz CT molecular complexity index is 192. The van der Waals surface area contributed by atoms with Crippen LogP contribution in [-0.4, -0.2) is 11.3 Å². The summed E-state index contributed by atoms with van der Waals surface area (Å²) in [5.41, 5.74) is 5.78. The van der Waals surface area contributed by atoms with Crippen LogP contribution < -0.4 is 5.73 Å². The van der Waals surface area contributed by atoms with E-state index in [0.717, 1.165) is 0 Å². The molecule has 0 atom stereocenters. The molecular weight excluding hydrogens is 104 g/mol. The first-order chi connectivity index (χ1) is 3.84. The molecule has 0 bridgehead atoms. The maximum absolute atomic E-state index is 9.99. The van der Waals surface area contributed by atoms with Gasteiger partial charge in [-0.05, 0) is 6.07 Å². The van der Waals surface area contributed by atoms with Gasteiger partial charge < -0.3 is 10.7 Å². The Labute approximate surface area is 46.5 Å². The van der Waals surface area contributed by atoms with Crippen molar-refractivity contribution in [1.82, 2.24) is 4.98 Å². The van der Waals surface area contributed by atoms with Crippen LogP contribution in [0.2, 0.25) is 0 Å². The second-order valence-corrected chi connectivity index (χ2v) is 1.46. The van der Waals surface area contributed by atoms with E-state index in [9.17, 15) is 4.79 Å². The van der Waals surface area contributed by atoms with Crippen LogP contribution in [-0.2, 0) is 0 Å². The van der Waals surface area contributed by atoms with Crippen molar-refractivity contribution >= 4 is 12.1 Å². The Balaban J connectivity index is 3.09. The van der Waals surface area contributed by atoms with Gasteiger partial charge in [-0.1, -0.05) is 0 Å². The number of anilines is 1. The minimum absolute atomic E-state index is 0.431. The summed E-state index contributed by atoms with van der Waals surface area (Å²) in [6.07, 6.45) is 2.34. The Kier molecular flexibility index (Phi) is 1.04. The maximum atomic E-state index is 9.99. The highest BCUT2D eigenvalue weighted by atomic mass is 16.1. The van der Waals surface area contributed by atoms with Gasteiger partial charge in [-0.2, -0.15) is 0 Å². The van der Waals surface area contributed by atoms with Crippen LogP contribution in [0.3, 0.4) is 0 Å². The van der Waals surface area contributed by atoms with Crippen LogP contribution in [0.4, 0.5) is 5.82 Å². The van der Waals surface area contributed by atoms with E-state index in [1.807, 2.05) is 0 Å². The molecule has 1 heterocycles. The number of hydrogen-bond donors (Lipinski definition) is 2. The molecule has 0 saturated carbocycles. The van der Waals surface area contributed by atoms with Crippen molar-refractivity contribution < 1.29 is 4.79 Å².